The zero-order chi connectivity index (χ0) is 16.5. The van der Waals surface area contributed by atoms with Gasteiger partial charge in [-0.1, -0.05) is 18.2 Å². The molecule has 7 nitrogen and oxygen atoms in total. The Bertz CT molecular complexity index is 1050. The first kappa shape index (κ1) is 14.1. The van der Waals surface area contributed by atoms with Crippen molar-refractivity contribution in [3.05, 3.63) is 54.2 Å². The Hall–Kier alpha value is -3.48. The molecular formula is C17H12N4O3. The number of aromatic nitrogens is 3. The van der Waals surface area contributed by atoms with Gasteiger partial charge in [0, 0.05) is 11.6 Å². The second-order valence-electron chi connectivity index (χ2n) is 5.11. The normalized spacial score (nSPS) is 10.9. The Morgan fingerprint density at radius 3 is 2.79 bits per heavy atom. The third kappa shape index (κ3) is 2.23. The average molecular weight is 320 g/mol. The highest BCUT2D eigenvalue weighted by Crippen LogP contribution is 2.29. The molecule has 0 spiro atoms. The van der Waals surface area contributed by atoms with Gasteiger partial charge in [0.15, 0.2) is 16.8 Å². The molecule has 2 aromatic carbocycles. The van der Waals surface area contributed by atoms with Crippen LogP contribution < -0.4 is 10.1 Å². The van der Waals surface area contributed by atoms with Crippen LogP contribution in [0.4, 0.5) is 5.69 Å². The lowest BCUT2D eigenvalue weighted by Crippen LogP contribution is -2.13. The summed E-state index contributed by atoms with van der Waals surface area (Å²) in [5.41, 5.74) is 2.67. The number of ether oxygens (including phenoxy) is 1. The van der Waals surface area contributed by atoms with Gasteiger partial charge in [-0.3, -0.25) is 9.78 Å². The molecule has 0 bridgehead atoms. The highest BCUT2D eigenvalue weighted by molar-refractivity contribution is 6.14. The number of amides is 1. The fourth-order valence-electron chi connectivity index (χ4n) is 2.59. The molecule has 0 unspecified atom stereocenters. The van der Waals surface area contributed by atoms with Crippen molar-refractivity contribution in [1.82, 2.24) is 15.3 Å². The molecular weight excluding hydrogens is 308 g/mol. The van der Waals surface area contributed by atoms with E-state index in [0.29, 0.717) is 28.0 Å². The molecule has 0 aliphatic carbocycles. The first-order valence-corrected chi connectivity index (χ1v) is 7.22. The van der Waals surface area contributed by atoms with Crippen LogP contribution in [0, 0.1) is 0 Å². The molecule has 118 valence electrons. The van der Waals surface area contributed by atoms with Gasteiger partial charge in [-0.2, -0.15) is 0 Å². The van der Waals surface area contributed by atoms with Gasteiger partial charge in [0.05, 0.1) is 23.9 Å². The molecule has 2 heterocycles. The summed E-state index contributed by atoms with van der Waals surface area (Å²) in [6, 6.07) is 12.6. The molecule has 0 saturated heterocycles. The van der Waals surface area contributed by atoms with E-state index in [1.54, 1.807) is 24.4 Å². The van der Waals surface area contributed by atoms with E-state index >= 15 is 0 Å². The smallest absolute Gasteiger partial charge is 0.256 e. The summed E-state index contributed by atoms with van der Waals surface area (Å²) in [7, 11) is 1.53. The van der Waals surface area contributed by atoms with Gasteiger partial charge < -0.3 is 10.1 Å². The van der Waals surface area contributed by atoms with Crippen LogP contribution in [0.5, 0.6) is 5.75 Å². The van der Waals surface area contributed by atoms with Crippen molar-refractivity contribution in [2.24, 2.45) is 0 Å². The predicted octanol–water partition coefficient (Wildman–Crippen LogP) is 3.03. The molecule has 1 N–H and O–H groups in total. The Morgan fingerprint density at radius 1 is 1.08 bits per heavy atom. The Morgan fingerprint density at radius 2 is 1.92 bits per heavy atom. The topological polar surface area (TPSA) is 90.1 Å². The number of pyridine rings is 1. The Balaban J connectivity index is 1.75. The zero-order valence-corrected chi connectivity index (χ0v) is 12.7. The summed E-state index contributed by atoms with van der Waals surface area (Å²) in [4.78, 5) is 17.0. The minimum absolute atomic E-state index is 0.261. The second-order valence-corrected chi connectivity index (χ2v) is 5.11. The molecule has 0 aliphatic heterocycles. The molecule has 0 atom stereocenters. The summed E-state index contributed by atoms with van der Waals surface area (Å²) < 4.78 is 9.97. The largest absolute Gasteiger partial charge is 0.494 e. The fraction of sp³-hybridized carbons (Fsp3) is 0.0588. The molecule has 2 aromatic heterocycles. The molecule has 24 heavy (non-hydrogen) atoms. The standard InChI is InChI=1S/C17H12N4O3/c1-23-14-7-6-13(15-16(14)21-24-20-15)19-17(22)11-8-9-18-12-5-3-2-4-10(11)12/h2-9H,1H3,(H,19,22). The molecule has 4 aromatic rings. The van der Waals surface area contributed by atoms with Crippen LogP contribution in [-0.2, 0) is 0 Å². The number of carbonyl (C=O) groups excluding carboxylic acids is 1. The van der Waals surface area contributed by atoms with Crippen molar-refractivity contribution in [3.8, 4) is 5.75 Å². The second kappa shape index (κ2) is 5.62. The minimum Gasteiger partial charge on any atom is -0.494 e. The van der Waals surface area contributed by atoms with E-state index < -0.39 is 0 Å². The first-order chi connectivity index (χ1) is 11.8. The summed E-state index contributed by atoms with van der Waals surface area (Å²) in [5, 5.41) is 11.3. The van der Waals surface area contributed by atoms with Crippen molar-refractivity contribution in [1.29, 1.82) is 0 Å². The summed E-state index contributed by atoms with van der Waals surface area (Å²) in [6.07, 6.45) is 1.61. The predicted molar refractivity (Wildman–Crippen MR) is 88.1 cm³/mol. The number of nitrogens with one attached hydrogen (secondary N) is 1. The number of benzene rings is 2. The van der Waals surface area contributed by atoms with Crippen molar-refractivity contribution >= 4 is 33.5 Å². The number of anilines is 1. The summed E-state index contributed by atoms with van der Waals surface area (Å²) >= 11 is 0. The Kier molecular flexibility index (Phi) is 3.31. The van der Waals surface area contributed by atoms with E-state index in [4.69, 9.17) is 9.37 Å². The number of carbonyl (C=O) groups is 1. The lowest BCUT2D eigenvalue weighted by Gasteiger charge is -2.08. The first-order valence-electron chi connectivity index (χ1n) is 7.22. The highest BCUT2D eigenvalue weighted by Gasteiger charge is 2.16. The molecule has 1 amide bonds. The van der Waals surface area contributed by atoms with Gasteiger partial charge in [-0.25, -0.2) is 4.63 Å². The van der Waals surface area contributed by atoms with Crippen molar-refractivity contribution < 1.29 is 14.2 Å². The molecule has 0 aliphatic rings. The molecule has 0 radical (unpaired) electrons. The van der Waals surface area contributed by atoms with Gasteiger partial charge in [0.25, 0.3) is 5.91 Å². The fourth-order valence-corrected chi connectivity index (χ4v) is 2.59. The third-order valence-corrected chi connectivity index (χ3v) is 3.74. The van der Waals surface area contributed by atoms with E-state index in [0.717, 1.165) is 10.9 Å². The summed E-state index contributed by atoms with van der Waals surface area (Å²) in [5.74, 6) is 0.265. The lowest BCUT2D eigenvalue weighted by atomic mass is 10.1. The van der Waals surface area contributed by atoms with Gasteiger partial charge in [-0.05, 0) is 34.6 Å². The van der Waals surface area contributed by atoms with Crippen LogP contribution in [0.3, 0.4) is 0 Å². The van der Waals surface area contributed by atoms with E-state index in [9.17, 15) is 4.79 Å². The monoisotopic (exact) mass is 320 g/mol. The maximum atomic E-state index is 12.7. The van der Waals surface area contributed by atoms with Gasteiger partial charge in [0.2, 0.25) is 0 Å². The highest BCUT2D eigenvalue weighted by atomic mass is 16.6. The van der Waals surface area contributed by atoms with Crippen LogP contribution in [0.15, 0.2) is 53.3 Å². The van der Waals surface area contributed by atoms with Crippen LogP contribution in [0.1, 0.15) is 10.4 Å². The lowest BCUT2D eigenvalue weighted by molar-refractivity contribution is 0.102. The van der Waals surface area contributed by atoms with Crippen LogP contribution in [0.2, 0.25) is 0 Å². The number of methoxy groups -OCH3 is 1. The number of rotatable bonds is 3. The van der Waals surface area contributed by atoms with Gasteiger partial charge in [0.1, 0.15) is 0 Å². The van der Waals surface area contributed by atoms with Gasteiger partial charge in [-0.15, -0.1) is 0 Å². The molecule has 4 rings (SSSR count). The number of nitrogens with zero attached hydrogens (tertiary/aromatic N) is 3. The van der Waals surface area contributed by atoms with Crippen LogP contribution in [0.25, 0.3) is 21.9 Å². The summed E-state index contributed by atoms with van der Waals surface area (Å²) in [6.45, 7) is 0. The van der Waals surface area contributed by atoms with Crippen molar-refractivity contribution in [3.63, 3.8) is 0 Å². The average Bonchev–Trinajstić information content (AvgIpc) is 3.11. The van der Waals surface area contributed by atoms with E-state index in [-0.39, 0.29) is 5.91 Å². The molecule has 7 heteroatoms. The number of hydrogen-bond acceptors (Lipinski definition) is 6. The molecule has 0 fully saturated rings. The van der Waals surface area contributed by atoms with E-state index in [1.165, 1.54) is 7.11 Å². The van der Waals surface area contributed by atoms with E-state index in [2.05, 4.69) is 20.6 Å². The third-order valence-electron chi connectivity index (χ3n) is 3.74. The van der Waals surface area contributed by atoms with Crippen LogP contribution >= 0.6 is 0 Å². The number of fused-ring (bicyclic) bond motifs is 2. The Labute approximate surface area is 136 Å². The maximum absolute atomic E-state index is 12.7. The number of para-hydroxylation sites is 1. The number of hydrogen-bond donors (Lipinski definition) is 1. The molecule has 0 saturated carbocycles. The zero-order valence-electron chi connectivity index (χ0n) is 12.7. The van der Waals surface area contributed by atoms with E-state index in [1.807, 2.05) is 24.3 Å². The van der Waals surface area contributed by atoms with Crippen LogP contribution in [-0.4, -0.2) is 28.3 Å². The van der Waals surface area contributed by atoms with Crippen molar-refractivity contribution in [2.45, 2.75) is 0 Å². The minimum atomic E-state index is -0.261. The quantitative estimate of drug-likeness (QED) is 0.624. The van der Waals surface area contributed by atoms with Gasteiger partial charge >= 0.3 is 0 Å². The van der Waals surface area contributed by atoms with Crippen molar-refractivity contribution in [2.75, 3.05) is 12.4 Å². The maximum Gasteiger partial charge on any atom is 0.256 e. The SMILES string of the molecule is COc1ccc(NC(=O)c2ccnc3ccccc23)c2nonc12.